The SMILES string of the molecule is O=C(C=Cc1ccc(Cl)c(Cl)c1)Nc1ncc(Cc2ccc(Cl)cc2)s1. The molecule has 0 bridgehead atoms. The lowest BCUT2D eigenvalue weighted by Crippen LogP contribution is -2.07. The van der Waals surface area contributed by atoms with Gasteiger partial charge in [0, 0.05) is 28.6 Å². The average molecular weight is 424 g/mol. The van der Waals surface area contributed by atoms with Crippen LogP contribution in [0.3, 0.4) is 0 Å². The number of carbonyl (C=O) groups excluding carboxylic acids is 1. The van der Waals surface area contributed by atoms with Gasteiger partial charge in [-0.25, -0.2) is 4.98 Å². The number of hydrogen-bond donors (Lipinski definition) is 1. The number of amides is 1. The topological polar surface area (TPSA) is 42.0 Å². The fourth-order valence-electron chi connectivity index (χ4n) is 2.19. The summed E-state index contributed by atoms with van der Waals surface area (Å²) in [5.41, 5.74) is 1.92. The van der Waals surface area contributed by atoms with E-state index in [0.29, 0.717) is 20.2 Å². The van der Waals surface area contributed by atoms with E-state index in [9.17, 15) is 4.79 Å². The molecule has 26 heavy (non-hydrogen) atoms. The summed E-state index contributed by atoms with van der Waals surface area (Å²) in [7, 11) is 0. The van der Waals surface area contributed by atoms with Crippen molar-refractivity contribution in [3.05, 3.63) is 85.8 Å². The first-order chi connectivity index (χ1) is 12.5. The second kappa shape index (κ2) is 8.69. The minimum atomic E-state index is -0.261. The molecule has 0 atom stereocenters. The van der Waals surface area contributed by atoms with Crippen LogP contribution in [0.1, 0.15) is 16.0 Å². The summed E-state index contributed by atoms with van der Waals surface area (Å²) in [4.78, 5) is 17.3. The second-order valence-corrected chi connectivity index (χ2v) is 7.80. The highest BCUT2D eigenvalue weighted by Gasteiger charge is 2.06. The summed E-state index contributed by atoms with van der Waals surface area (Å²) in [5.74, 6) is -0.261. The van der Waals surface area contributed by atoms with Gasteiger partial charge in [0.15, 0.2) is 5.13 Å². The number of nitrogens with one attached hydrogen (secondary N) is 1. The maximum atomic E-state index is 12.0. The van der Waals surface area contributed by atoms with E-state index in [4.69, 9.17) is 34.8 Å². The number of nitrogens with zero attached hydrogens (tertiary/aromatic N) is 1. The van der Waals surface area contributed by atoms with Crippen LogP contribution in [0.2, 0.25) is 15.1 Å². The zero-order valence-electron chi connectivity index (χ0n) is 13.4. The van der Waals surface area contributed by atoms with Gasteiger partial charge < -0.3 is 0 Å². The Hall–Kier alpha value is -1.85. The van der Waals surface area contributed by atoms with Crippen LogP contribution in [0.25, 0.3) is 6.08 Å². The van der Waals surface area contributed by atoms with Crippen molar-refractivity contribution in [3.63, 3.8) is 0 Å². The van der Waals surface area contributed by atoms with Gasteiger partial charge in [-0.05, 0) is 41.5 Å². The van der Waals surface area contributed by atoms with Crippen molar-refractivity contribution in [1.82, 2.24) is 4.98 Å². The highest BCUT2D eigenvalue weighted by molar-refractivity contribution is 7.15. The van der Waals surface area contributed by atoms with Gasteiger partial charge in [-0.2, -0.15) is 0 Å². The number of rotatable bonds is 5. The molecule has 3 rings (SSSR count). The Morgan fingerprint density at radius 3 is 2.58 bits per heavy atom. The van der Waals surface area contributed by atoms with Crippen LogP contribution in [-0.2, 0) is 11.2 Å². The first kappa shape index (κ1) is 18.9. The standard InChI is InChI=1S/C19H13Cl3N2OS/c20-14-5-1-12(2-6-14)9-15-11-23-19(26-15)24-18(25)8-4-13-3-7-16(21)17(22)10-13/h1-8,10-11H,9H2,(H,23,24,25). The van der Waals surface area contributed by atoms with Crippen LogP contribution in [0, 0.1) is 0 Å². The number of carbonyl (C=O) groups is 1. The number of aromatic nitrogens is 1. The molecule has 0 unspecified atom stereocenters. The third-order valence-electron chi connectivity index (χ3n) is 3.45. The maximum Gasteiger partial charge on any atom is 0.250 e. The van der Waals surface area contributed by atoms with Gasteiger partial charge in [0.1, 0.15) is 0 Å². The molecule has 7 heteroatoms. The van der Waals surface area contributed by atoms with Gasteiger partial charge in [0.25, 0.3) is 0 Å². The predicted molar refractivity (Wildman–Crippen MR) is 110 cm³/mol. The zero-order chi connectivity index (χ0) is 18.5. The zero-order valence-corrected chi connectivity index (χ0v) is 16.5. The number of benzene rings is 2. The molecule has 0 aliphatic rings. The summed E-state index contributed by atoms with van der Waals surface area (Å²) in [6, 6.07) is 12.8. The van der Waals surface area contributed by atoms with Crippen LogP contribution in [-0.4, -0.2) is 10.9 Å². The fourth-order valence-corrected chi connectivity index (χ4v) is 3.47. The molecule has 0 fully saturated rings. The highest BCUT2D eigenvalue weighted by atomic mass is 35.5. The average Bonchev–Trinajstić information content (AvgIpc) is 3.05. The Kier molecular flexibility index (Phi) is 6.33. The van der Waals surface area contributed by atoms with Crippen molar-refractivity contribution in [3.8, 4) is 0 Å². The molecule has 2 aromatic carbocycles. The minimum Gasteiger partial charge on any atom is -0.298 e. The summed E-state index contributed by atoms with van der Waals surface area (Å²) >= 11 is 19.2. The summed E-state index contributed by atoms with van der Waals surface area (Å²) in [5, 5.41) is 4.94. The van der Waals surface area contributed by atoms with Gasteiger partial charge in [-0.15, -0.1) is 11.3 Å². The van der Waals surface area contributed by atoms with Crippen LogP contribution >= 0.6 is 46.1 Å². The van der Waals surface area contributed by atoms with E-state index < -0.39 is 0 Å². The monoisotopic (exact) mass is 422 g/mol. The lowest BCUT2D eigenvalue weighted by atomic mass is 10.1. The van der Waals surface area contributed by atoms with Gasteiger partial charge in [0.2, 0.25) is 5.91 Å². The van der Waals surface area contributed by atoms with Gasteiger partial charge in [-0.3, -0.25) is 10.1 Å². The van der Waals surface area contributed by atoms with Crippen LogP contribution in [0.15, 0.2) is 54.7 Å². The molecule has 0 saturated carbocycles. The van der Waals surface area contributed by atoms with E-state index in [2.05, 4.69) is 10.3 Å². The van der Waals surface area contributed by atoms with E-state index in [1.54, 1.807) is 30.5 Å². The van der Waals surface area contributed by atoms with E-state index >= 15 is 0 Å². The fraction of sp³-hybridized carbons (Fsp3) is 0.0526. The molecule has 3 aromatic rings. The lowest BCUT2D eigenvalue weighted by molar-refractivity contribution is -0.111. The largest absolute Gasteiger partial charge is 0.298 e. The third kappa shape index (κ3) is 5.32. The van der Waals surface area contributed by atoms with Crippen molar-refractivity contribution in [2.24, 2.45) is 0 Å². The van der Waals surface area contributed by atoms with E-state index in [-0.39, 0.29) is 5.91 Å². The highest BCUT2D eigenvalue weighted by Crippen LogP contribution is 2.24. The summed E-state index contributed by atoms with van der Waals surface area (Å²) in [6.07, 6.45) is 5.60. The molecule has 1 N–H and O–H groups in total. The second-order valence-electron chi connectivity index (χ2n) is 5.43. The van der Waals surface area contributed by atoms with Crippen molar-refractivity contribution in [1.29, 1.82) is 0 Å². The molecule has 1 amide bonds. The van der Waals surface area contributed by atoms with Crippen molar-refractivity contribution < 1.29 is 4.79 Å². The van der Waals surface area contributed by atoms with Crippen LogP contribution < -0.4 is 5.32 Å². The number of anilines is 1. The predicted octanol–water partition coefficient (Wildman–Crippen LogP) is 6.35. The summed E-state index contributed by atoms with van der Waals surface area (Å²) < 4.78 is 0. The molecule has 0 radical (unpaired) electrons. The Balaban J connectivity index is 1.59. The van der Waals surface area contributed by atoms with Gasteiger partial charge in [-0.1, -0.05) is 53.0 Å². The van der Waals surface area contributed by atoms with Gasteiger partial charge >= 0.3 is 0 Å². The number of hydrogen-bond acceptors (Lipinski definition) is 3. The number of halogens is 3. The van der Waals surface area contributed by atoms with Crippen molar-refractivity contribution >= 4 is 63.3 Å². The number of thiazole rings is 1. The molecule has 0 aliphatic carbocycles. The van der Waals surface area contributed by atoms with Crippen LogP contribution in [0.4, 0.5) is 5.13 Å². The van der Waals surface area contributed by atoms with Crippen molar-refractivity contribution in [2.75, 3.05) is 5.32 Å². The molecule has 1 aromatic heterocycles. The van der Waals surface area contributed by atoms with E-state index in [1.165, 1.54) is 17.4 Å². The van der Waals surface area contributed by atoms with Crippen molar-refractivity contribution in [2.45, 2.75) is 6.42 Å². The molecular weight excluding hydrogens is 411 g/mol. The Labute approximate surface area is 170 Å². The molecular formula is C19H13Cl3N2OS. The molecule has 1 heterocycles. The molecule has 132 valence electrons. The quantitative estimate of drug-likeness (QED) is 0.486. The van der Waals surface area contributed by atoms with Gasteiger partial charge in [0.05, 0.1) is 10.0 Å². The molecule has 0 saturated heterocycles. The first-order valence-electron chi connectivity index (χ1n) is 7.63. The Morgan fingerprint density at radius 2 is 1.85 bits per heavy atom. The smallest absolute Gasteiger partial charge is 0.250 e. The van der Waals surface area contributed by atoms with Crippen LogP contribution in [0.5, 0.6) is 0 Å². The normalized spacial score (nSPS) is 11.0. The molecule has 0 spiro atoms. The van der Waals surface area contributed by atoms with E-state index in [1.807, 2.05) is 24.3 Å². The Bertz CT molecular complexity index is 952. The molecule has 3 nitrogen and oxygen atoms in total. The minimum absolute atomic E-state index is 0.261. The maximum absolute atomic E-state index is 12.0. The first-order valence-corrected chi connectivity index (χ1v) is 9.58. The lowest BCUT2D eigenvalue weighted by Gasteiger charge is -1.99. The van der Waals surface area contributed by atoms with E-state index in [0.717, 1.165) is 22.4 Å². The third-order valence-corrected chi connectivity index (χ3v) is 5.35. The Morgan fingerprint density at radius 1 is 1.08 bits per heavy atom. The summed E-state index contributed by atoms with van der Waals surface area (Å²) in [6.45, 7) is 0. The molecule has 0 aliphatic heterocycles.